The summed E-state index contributed by atoms with van der Waals surface area (Å²) in [7, 11) is 1.54. The van der Waals surface area contributed by atoms with E-state index in [2.05, 4.69) is 0 Å². The number of cyclic esters (lactones) is 1. The Labute approximate surface area is 97.3 Å². The molecule has 0 bridgehead atoms. The maximum absolute atomic E-state index is 11.2. The van der Waals surface area contributed by atoms with Crippen molar-refractivity contribution in [3.8, 4) is 5.75 Å². The Hall–Kier alpha value is -2.30. The van der Waals surface area contributed by atoms with Crippen LogP contribution in [0.15, 0.2) is 29.8 Å². The lowest BCUT2D eigenvalue weighted by Gasteiger charge is -2.03. The number of carboxylic acid groups (broad SMARTS) is 1. The second-order valence-corrected chi connectivity index (χ2v) is 3.46. The predicted octanol–water partition coefficient (Wildman–Crippen LogP) is 1.09. The van der Waals surface area contributed by atoms with Crippen LogP contribution in [0, 0.1) is 0 Å². The van der Waals surface area contributed by atoms with Gasteiger partial charge >= 0.3 is 11.9 Å². The zero-order valence-electron chi connectivity index (χ0n) is 9.10. The summed E-state index contributed by atoms with van der Waals surface area (Å²) in [5.41, 5.74) is 0.745. The first-order chi connectivity index (χ1) is 8.13. The number of esters is 1. The number of benzene rings is 1. The molecule has 0 aromatic heterocycles. The van der Waals surface area contributed by atoms with Crippen LogP contribution in [0.2, 0.25) is 0 Å². The maximum atomic E-state index is 11.2. The van der Waals surface area contributed by atoms with Gasteiger partial charge in [-0.05, 0) is 17.7 Å². The third kappa shape index (κ3) is 1.99. The summed E-state index contributed by atoms with van der Waals surface area (Å²) in [4.78, 5) is 22.2. The number of carboxylic acids is 1. The van der Waals surface area contributed by atoms with Gasteiger partial charge in [0.1, 0.15) is 12.4 Å². The molecule has 5 heteroatoms. The van der Waals surface area contributed by atoms with E-state index < -0.39 is 11.9 Å². The van der Waals surface area contributed by atoms with Crippen LogP contribution in [-0.2, 0) is 14.3 Å². The van der Waals surface area contributed by atoms with Crippen LogP contribution >= 0.6 is 0 Å². The lowest BCUT2D eigenvalue weighted by molar-refractivity contribution is -0.141. The molecule has 1 aromatic rings. The Bertz CT molecular complexity index is 498. The van der Waals surface area contributed by atoms with Gasteiger partial charge in [0.15, 0.2) is 5.57 Å². The molecule has 1 heterocycles. The number of aliphatic carboxylic acids is 1. The van der Waals surface area contributed by atoms with Crippen molar-refractivity contribution in [2.75, 3.05) is 13.7 Å². The Kier molecular flexibility index (Phi) is 2.82. The van der Waals surface area contributed by atoms with E-state index >= 15 is 0 Å². The zero-order valence-corrected chi connectivity index (χ0v) is 9.10. The monoisotopic (exact) mass is 234 g/mol. The molecule has 0 saturated heterocycles. The van der Waals surface area contributed by atoms with Crippen LogP contribution < -0.4 is 4.74 Å². The molecule has 0 aliphatic carbocycles. The van der Waals surface area contributed by atoms with Crippen molar-refractivity contribution < 1.29 is 24.2 Å². The second-order valence-electron chi connectivity index (χ2n) is 3.46. The first-order valence-corrected chi connectivity index (χ1v) is 4.91. The van der Waals surface area contributed by atoms with Gasteiger partial charge in [0.25, 0.3) is 0 Å². The predicted molar refractivity (Wildman–Crippen MR) is 58.5 cm³/mol. The lowest BCUT2D eigenvalue weighted by atomic mass is 10.0. The van der Waals surface area contributed by atoms with Gasteiger partial charge in [-0.25, -0.2) is 9.59 Å². The molecule has 17 heavy (non-hydrogen) atoms. The fourth-order valence-corrected chi connectivity index (χ4v) is 1.64. The Morgan fingerprint density at radius 1 is 1.35 bits per heavy atom. The van der Waals surface area contributed by atoms with Gasteiger partial charge in [-0.3, -0.25) is 0 Å². The van der Waals surface area contributed by atoms with Crippen molar-refractivity contribution in [3.63, 3.8) is 0 Å². The molecule has 0 amide bonds. The van der Waals surface area contributed by atoms with Crippen molar-refractivity contribution in [3.05, 3.63) is 35.4 Å². The topological polar surface area (TPSA) is 72.8 Å². The highest BCUT2D eigenvalue weighted by Crippen LogP contribution is 2.27. The lowest BCUT2D eigenvalue weighted by Crippen LogP contribution is -2.09. The molecule has 1 N–H and O–H groups in total. The van der Waals surface area contributed by atoms with E-state index in [9.17, 15) is 9.59 Å². The Balaban J connectivity index is 2.44. The first-order valence-electron chi connectivity index (χ1n) is 4.91. The van der Waals surface area contributed by atoms with Crippen LogP contribution in [0.4, 0.5) is 0 Å². The quantitative estimate of drug-likeness (QED) is 0.626. The molecule has 0 saturated carbocycles. The molecule has 0 radical (unpaired) electrons. The minimum absolute atomic E-state index is 0.00715. The van der Waals surface area contributed by atoms with E-state index in [1.807, 2.05) is 0 Å². The van der Waals surface area contributed by atoms with E-state index in [0.717, 1.165) is 0 Å². The van der Waals surface area contributed by atoms with Gasteiger partial charge in [0, 0.05) is 5.57 Å². The third-order valence-corrected chi connectivity index (χ3v) is 2.51. The van der Waals surface area contributed by atoms with Crippen molar-refractivity contribution in [2.45, 2.75) is 0 Å². The van der Waals surface area contributed by atoms with Crippen LogP contribution in [0.3, 0.4) is 0 Å². The van der Waals surface area contributed by atoms with Crippen molar-refractivity contribution in [2.24, 2.45) is 0 Å². The van der Waals surface area contributed by atoms with E-state index in [1.165, 1.54) is 0 Å². The van der Waals surface area contributed by atoms with E-state index in [-0.39, 0.29) is 12.2 Å². The van der Waals surface area contributed by atoms with E-state index in [0.29, 0.717) is 16.9 Å². The van der Waals surface area contributed by atoms with Crippen molar-refractivity contribution in [1.82, 2.24) is 0 Å². The van der Waals surface area contributed by atoms with Crippen LogP contribution in [0.1, 0.15) is 5.56 Å². The molecule has 0 unspecified atom stereocenters. The summed E-state index contributed by atoms with van der Waals surface area (Å²) < 4.78 is 9.72. The molecule has 2 rings (SSSR count). The summed E-state index contributed by atoms with van der Waals surface area (Å²) in [5, 5.41) is 8.93. The Morgan fingerprint density at radius 3 is 2.53 bits per heavy atom. The maximum Gasteiger partial charge on any atom is 0.346 e. The SMILES string of the molecule is COc1ccc(C2=C(C(=O)O)C(=O)OC2)cc1. The number of hydrogen-bond acceptors (Lipinski definition) is 4. The highest BCUT2D eigenvalue weighted by molar-refractivity contribution is 6.21. The average molecular weight is 234 g/mol. The van der Waals surface area contributed by atoms with Gasteiger partial charge in [0.2, 0.25) is 0 Å². The average Bonchev–Trinajstić information content (AvgIpc) is 2.71. The molecule has 1 aromatic carbocycles. The molecular weight excluding hydrogens is 224 g/mol. The van der Waals surface area contributed by atoms with E-state index in [4.69, 9.17) is 14.6 Å². The van der Waals surface area contributed by atoms with Gasteiger partial charge in [-0.1, -0.05) is 12.1 Å². The normalized spacial score (nSPS) is 14.8. The standard InChI is InChI=1S/C12H10O5/c1-16-8-4-2-7(3-5-8)9-6-17-12(15)10(9)11(13)14/h2-5H,6H2,1H3,(H,13,14). The summed E-state index contributed by atoms with van der Waals surface area (Å²) in [5.74, 6) is -1.39. The van der Waals surface area contributed by atoms with Crippen LogP contribution in [0.5, 0.6) is 5.75 Å². The van der Waals surface area contributed by atoms with Gasteiger partial charge in [-0.15, -0.1) is 0 Å². The minimum atomic E-state index is -1.27. The number of carbonyl (C=O) groups is 2. The number of ether oxygens (including phenoxy) is 2. The summed E-state index contributed by atoms with van der Waals surface area (Å²) >= 11 is 0. The van der Waals surface area contributed by atoms with Gasteiger partial charge in [0.05, 0.1) is 7.11 Å². The fraction of sp³-hybridized carbons (Fsp3) is 0.167. The van der Waals surface area contributed by atoms with Gasteiger partial charge in [-0.2, -0.15) is 0 Å². The molecule has 1 aliphatic heterocycles. The van der Waals surface area contributed by atoms with E-state index in [1.54, 1.807) is 31.4 Å². The molecule has 88 valence electrons. The first kappa shape index (κ1) is 11.2. The Morgan fingerprint density at radius 2 is 2.00 bits per heavy atom. The van der Waals surface area contributed by atoms with Gasteiger partial charge < -0.3 is 14.6 Å². The molecule has 0 spiro atoms. The molecule has 0 atom stereocenters. The highest BCUT2D eigenvalue weighted by atomic mass is 16.5. The number of hydrogen-bond donors (Lipinski definition) is 1. The van der Waals surface area contributed by atoms with Crippen molar-refractivity contribution >= 4 is 17.5 Å². The molecule has 1 aliphatic rings. The molecular formula is C12H10O5. The highest BCUT2D eigenvalue weighted by Gasteiger charge is 2.31. The fourth-order valence-electron chi connectivity index (χ4n) is 1.64. The number of rotatable bonds is 3. The zero-order chi connectivity index (χ0) is 12.4. The second kappa shape index (κ2) is 4.29. The summed E-state index contributed by atoms with van der Waals surface area (Å²) in [6.45, 7) is -0.00715. The smallest absolute Gasteiger partial charge is 0.346 e. The van der Waals surface area contributed by atoms with Crippen LogP contribution in [-0.4, -0.2) is 30.8 Å². The number of methoxy groups -OCH3 is 1. The molecule has 0 fully saturated rings. The van der Waals surface area contributed by atoms with Crippen LogP contribution in [0.25, 0.3) is 5.57 Å². The summed E-state index contributed by atoms with van der Waals surface area (Å²) in [6.07, 6.45) is 0. The number of carbonyl (C=O) groups excluding carboxylic acids is 1. The summed E-state index contributed by atoms with van der Waals surface area (Å²) in [6, 6.07) is 6.79. The third-order valence-electron chi connectivity index (χ3n) is 2.51. The molecule has 5 nitrogen and oxygen atoms in total. The van der Waals surface area contributed by atoms with Crippen molar-refractivity contribution in [1.29, 1.82) is 0 Å². The largest absolute Gasteiger partial charge is 0.497 e. The minimum Gasteiger partial charge on any atom is -0.497 e.